The summed E-state index contributed by atoms with van der Waals surface area (Å²) in [6, 6.07) is 14.2. The van der Waals surface area contributed by atoms with Gasteiger partial charge in [0.1, 0.15) is 0 Å². The smallest absolute Gasteiger partial charge is 0.227 e. The summed E-state index contributed by atoms with van der Waals surface area (Å²) in [7, 11) is 0. The second kappa shape index (κ2) is 5.35. The molecule has 1 aliphatic rings. The molecule has 4 rings (SSSR count). The van der Waals surface area contributed by atoms with Gasteiger partial charge in [-0.15, -0.1) is 0 Å². The molecule has 0 spiro atoms. The lowest BCUT2D eigenvalue weighted by Gasteiger charge is -2.15. The first-order valence-corrected chi connectivity index (χ1v) is 7.55. The van der Waals surface area contributed by atoms with Crippen LogP contribution in [-0.2, 0) is 24.3 Å². The summed E-state index contributed by atoms with van der Waals surface area (Å²) in [5.74, 6) is 0.352. The fourth-order valence-electron chi connectivity index (χ4n) is 3.07. The Morgan fingerprint density at radius 1 is 1.13 bits per heavy atom. The van der Waals surface area contributed by atoms with Crippen molar-refractivity contribution in [1.29, 1.82) is 0 Å². The first-order chi connectivity index (χ1) is 11.2. The van der Waals surface area contributed by atoms with Crippen LogP contribution in [0.25, 0.3) is 10.8 Å². The lowest BCUT2D eigenvalue weighted by Crippen LogP contribution is -2.27. The van der Waals surface area contributed by atoms with Gasteiger partial charge in [0.15, 0.2) is 0 Å². The Morgan fingerprint density at radius 2 is 1.96 bits per heavy atom. The van der Waals surface area contributed by atoms with Crippen molar-refractivity contribution >= 4 is 22.6 Å². The monoisotopic (exact) mass is 304 g/mol. The van der Waals surface area contributed by atoms with E-state index in [2.05, 4.69) is 28.2 Å². The van der Waals surface area contributed by atoms with E-state index in [0.29, 0.717) is 19.5 Å². The van der Waals surface area contributed by atoms with Gasteiger partial charge in [0.05, 0.1) is 18.7 Å². The van der Waals surface area contributed by atoms with Crippen molar-refractivity contribution in [2.75, 3.05) is 5.73 Å². The molecule has 0 aliphatic carbocycles. The van der Waals surface area contributed by atoms with Gasteiger partial charge >= 0.3 is 0 Å². The standard InChI is InChI=1S/C18H16N4O/c19-18-20-9-14-10-22(11-16(14)21-18)17(23)8-13-6-3-5-12-4-1-2-7-15(12)13/h1-7,9H,8,10-11H2,(H2,19,20,21). The molecule has 0 bridgehead atoms. The summed E-state index contributed by atoms with van der Waals surface area (Å²) in [4.78, 5) is 22.7. The minimum atomic E-state index is 0.0953. The quantitative estimate of drug-likeness (QED) is 0.788. The molecule has 0 atom stereocenters. The molecule has 0 fully saturated rings. The number of aromatic nitrogens is 2. The number of carbonyl (C=O) groups excluding carboxylic acids is 1. The van der Waals surface area contributed by atoms with E-state index in [-0.39, 0.29) is 11.9 Å². The molecule has 23 heavy (non-hydrogen) atoms. The molecule has 0 radical (unpaired) electrons. The van der Waals surface area contributed by atoms with Crippen LogP contribution in [0.5, 0.6) is 0 Å². The first-order valence-electron chi connectivity index (χ1n) is 7.55. The Hall–Kier alpha value is -2.95. The highest BCUT2D eigenvalue weighted by molar-refractivity contribution is 5.90. The van der Waals surface area contributed by atoms with Gasteiger partial charge in [-0.3, -0.25) is 4.79 Å². The zero-order chi connectivity index (χ0) is 15.8. The second-order valence-corrected chi connectivity index (χ2v) is 5.76. The molecule has 1 aromatic heterocycles. The molecule has 0 saturated heterocycles. The van der Waals surface area contributed by atoms with E-state index >= 15 is 0 Å². The van der Waals surface area contributed by atoms with Crippen LogP contribution >= 0.6 is 0 Å². The molecule has 5 nitrogen and oxygen atoms in total. The lowest BCUT2D eigenvalue weighted by atomic mass is 10.0. The number of nitrogen functional groups attached to an aromatic ring is 1. The van der Waals surface area contributed by atoms with Crippen molar-refractivity contribution in [1.82, 2.24) is 14.9 Å². The minimum Gasteiger partial charge on any atom is -0.368 e. The average Bonchev–Trinajstić information content (AvgIpc) is 2.98. The Kier molecular flexibility index (Phi) is 3.19. The van der Waals surface area contributed by atoms with Crippen molar-refractivity contribution in [3.8, 4) is 0 Å². The second-order valence-electron chi connectivity index (χ2n) is 5.76. The van der Waals surface area contributed by atoms with Crippen LogP contribution < -0.4 is 5.73 Å². The topological polar surface area (TPSA) is 72.1 Å². The van der Waals surface area contributed by atoms with Crippen LogP contribution in [0.3, 0.4) is 0 Å². The molecular weight excluding hydrogens is 288 g/mol. The summed E-state index contributed by atoms with van der Waals surface area (Å²) in [5.41, 5.74) is 8.49. The third-order valence-corrected chi connectivity index (χ3v) is 4.25. The SMILES string of the molecule is Nc1ncc2c(n1)CN(C(=O)Cc1cccc3ccccc13)C2. The Morgan fingerprint density at radius 3 is 2.87 bits per heavy atom. The fourth-order valence-corrected chi connectivity index (χ4v) is 3.07. The Labute approximate surface area is 133 Å². The third kappa shape index (κ3) is 2.50. The van der Waals surface area contributed by atoms with E-state index < -0.39 is 0 Å². The maximum absolute atomic E-state index is 12.7. The molecule has 1 amide bonds. The van der Waals surface area contributed by atoms with Crippen molar-refractivity contribution in [2.45, 2.75) is 19.5 Å². The van der Waals surface area contributed by atoms with Crippen molar-refractivity contribution in [3.63, 3.8) is 0 Å². The van der Waals surface area contributed by atoms with Crippen LogP contribution in [0.15, 0.2) is 48.7 Å². The minimum absolute atomic E-state index is 0.0953. The van der Waals surface area contributed by atoms with E-state index in [1.807, 2.05) is 24.3 Å². The normalized spacial score (nSPS) is 13.3. The maximum Gasteiger partial charge on any atom is 0.227 e. The molecule has 3 aromatic rings. The number of rotatable bonds is 2. The average molecular weight is 304 g/mol. The van der Waals surface area contributed by atoms with E-state index in [1.54, 1.807) is 11.1 Å². The highest BCUT2D eigenvalue weighted by Crippen LogP contribution is 2.24. The van der Waals surface area contributed by atoms with Crippen LogP contribution in [0.1, 0.15) is 16.8 Å². The fraction of sp³-hybridized carbons (Fsp3) is 0.167. The van der Waals surface area contributed by atoms with E-state index in [1.165, 1.54) is 0 Å². The summed E-state index contributed by atoms with van der Waals surface area (Å²) in [6.07, 6.45) is 2.10. The summed E-state index contributed by atoms with van der Waals surface area (Å²) < 4.78 is 0. The van der Waals surface area contributed by atoms with Crippen LogP contribution in [-0.4, -0.2) is 20.8 Å². The lowest BCUT2D eigenvalue weighted by molar-refractivity contribution is -0.131. The highest BCUT2D eigenvalue weighted by atomic mass is 16.2. The summed E-state index contributed by atoms with van der Waals surface area (Å²) in [6.45, 7) is 1.06. The van der Waals surface area contributed by atoms with Gasteiger partial charge in [-0.2, -0.15) is 0 Å². The van der Waals surface area contributed by atoms with Gasteiger partial charge in [0, 0.05) is 18.3 Å². The molecule has 0 unspecified atom stereocenters. The highest BCUT2D eigenvalue weighted by Gasteiger charge is 2.25. The van der Waals surface area contributed by atoms with E-state index in [4.69, 9.17) is 5.73 Å². The molecule has 2 N–H and O–H groups in total. The predicted molar refractivity (Wildman–Crippen MR) is 88.4 cm³/mol. The van der Waals surface area contributed by atoms with Gasteiger partial charge in [0.2, 0.25) is 11.9 Å². The summed E-state index contributed by atoms with van der Waals surface area (Å²) >= 11 is 0. The zero-order valence-electron chi connectivity index (χ0n) is 12.6. The van der Waals surface area contributed by atoms with Crippen molar-refractivity contribution < 1.29 is 4.79 Å². The molecule has 0 saturated carbocycles. The Bertz CT molecular complexity index is 901. The van der Waals surface area contributed by atoms with Gasteiger partial charge < -0.3 is 10.6 Å². The number of hydrogen-bond acceptors (Lipinski definition) is 4. The van der Waals surface area contributed by atoms with Gasteiger partial charge in [-0.25, -0.2) is 9.97 Å². The van der Waals surface area contributed by atoms with Gasteiger partial charge in [0.25, 0.3) is 0 Å². The van der Waals surface area contributed by atoms with Crippen LogP contribution in [0.4, 0.5) is 5.95 Å². The number of hydrogen-bond donors (Lipinski definition) is 1. The molecule has 5 heteroatoms. The number of fused-ring (bicyclic) bond motifs is 2. The molecule has 2 aromatic carbocycles. The molecule has 2 heterocycles. The molecular formula is C18H16N4O. The van der Waals surface area contributed by atoms with Crippen LogP contribution in [0.2, 0.25) is 0 Å². The van der Waals surface area contributed by atoms with E-state index in [9.17, 15) is 4.79 Å². The third-order valence-electron chi connectivity index (χ3n) is 4.25. The van der Waals surface area contributed by atoms with Gasteiger partial charge in [-0.05, 0) is 16.3 Å². The maximum atomic E-state index is 12.7. The largest absolute Gasteiger partial charge is 0.368 e. The van der Waals surface area contributed by atoms with Crippen molar-refractivity contribution in [3.05, 3.63) is 65.5 Å². The number of nitrogens with two attached hydrogens (primary N) is 1. The van der Waals surface area contributed by atoms with Crippen LogP contribution in [0, 0.1) is 0 Å². The predicted octanol–water partition coefficient (Wildman–Crippen LogP) is 2.30. The number of anilines is 1. The zero-order valence-corrected chi connectivity index (χ0v) is 12.6. The number of benzene rings is 2. The van der Waals surface area contributed by atoms with Crippen molar-refractivity contribution in [2.24, 2.45) is 0 Å². The number of amides is 1. The first kappa shape index (κ1) is 13.7. The molecule has 114 valence electrons. The van der Waals surface area contributed by atoms with E-state index in [0.717, 1.165) is 27.6 Å². The summed E-state index contributed by atoms with van der Waals surface area (Å²) in [5, 5.41) is 2.28. The number of carbonyl (C=O) groups is 1. The van der Waals surface area contributed by atoms with Gasteiger partial charge in [-0.1, -0.05) is 42.5 Å². The number of nitrogens with zero attached hydrogens (tertiary/aromatic N) is 3. The Balaban J connectivity index is 1.57. The molecule has 1 aliphatic heterocycles.